The second-order valence-corrected chi connectivity index (χ2v) is 7.83. The van der Waals surface area contributed by atoms with Crippen LogP contribution in [0, 0.1) is 13.8 Å². The number of carbonyl (C=O) groups excluding carboxylic acids is 1. The highest BCUT2D eigenvalue weighted by Crippen LogP contribution is 2.21. The number of nitrogens with zero attached hydrogens (tertiary/aromatic N) is 4. The first-order chi connectivity index (χ1) is 13.8. The van der Waals surface area contributed by atoms with E-state index >= 15 is 0 Å². The van der Waals surface area contributed by atoms with E-state index < -0.39 is 0 Å². The van der Waals surface area contributed by atoms with E-state index in [1.54, 1.807) is 0 Å². The van der Waals surface area contributed by atoms with E-state index in [1.165, 1.54) is 11.1 Å². The van der Waals surface area contributed by atoms with Crippen LogP contribution < -0.4 is 0 Å². The van der Waals surface area contributed by atoms with Crippen molar-refractivity contribution < 1.29 is 9.53 Å². The van der Waals surface area contributed by atoms with Crippen LogP contribution in [0.4, 0.5) is 0 Å². The van der Waals surface area contributed by atoms with E-state index in [4.69, 9.17) is 4.74 Å². The molecular formula is C22H25BrN4O2. The van der Waals surface area contributed by atoms with Crippen LogP contribution in [-0.4, -0.2) is 32.1 Å². The van der Waals surface area contributed by atoms with Crippen LogP contribution in [0.25, 0.3) is 21.8 Å². The molecule has 0 unspecified atom stereocenters. The van der Waals surface area contributed by atoms with Crippen LogP contribution in [0.2, 0.25) is 0 Å². The van der Waals surface area contributed by atoms with Crippen molar-refractivity contribution in [1.82, 2.24) is 19.6 Å². The quantitative estimate of drug-likeness (QED) is 0.421. The number of hydrogen-bond donors (Lipinski definition) is 0. The molecule has 0 amide bonds. The summed E-state index contributed by atoms with van der Waals surface area (Å²) in [6.07, 6.45) is 0.305. The van der Waals surface area contributed by atoms with E-state index in [0.717, 1.165) is 32.1 Å². The van der Waals surface area contributed by atoms with Gasteiger partial charge >= 0.3 is 5.97 Å². The lowest BCUT2D eigenvalue weighted by atomic mass is 10.1. The normalized spacial score (nSPS) is 10.8. The van der Waals surface area contributed by atoms with Gasteiger partial charge in [-0.15, -0.1) is 0 Å². The third-order valence-corrected chi connectivity index (χ3v) is 5.43. The zero-order valence-corrected chi connectivity index (χ0v) is 18.9. The maximum atomic E-state index is 11.4. The minimum atomic E-state index is -0.195. The van der Waals surface area contributed by atoms with Crippen molar-refractivity contribution in [2.75, 3.05) is 6.61 Å². The fourth-order valence-electron chi connectivity index (χ4n) is 3.17. The zero-order chi connectivity index (χ0) is 21.1. The van der Waals surface area contributed by atoms with Gasteiger partial charge in [0.05, 0.1) is 24.1 Å². The number of rotatable bonds is 3. The Kier molecular flexibility index (Phi) is 6.37. The largest absolute Gasteiger partial charge is 0.466 e. The van der Waals surface area contributed by atoms with Crippen molar-refractivity contribution in [1.29, 1.82) is 0 Å². The summed E-state index contributed by atoms with van der Waals surface area (Å²) in [5, 5.41) is 11.1. The Balaban J connectivity index is 0.000000176. The maximum Gasteiger partial charge on any atom is 0.310 e. The monoisotopic (exact) mass is 456 g/mol. The fraction of sp³-hybridized carbons (Fsp3) is 0.318. The molecule has 2 aromatic heterocycles. The molecule has 0 saturated heterocycles. The van der Waals surface area contributed by atoms with Crippen molar-refractivity contribution in [2.45, 2.75) is 27.2 Å². The van der Waals surface area contributed by atoms with Gasteiger partial charge in [-0.2, -0.15) is 10.2 Å². The number of carbonyl (C=O) groups is 1. The average Bonchev–Trinajstić information content (AvgIpc) is 3.11. The van der Waals surface area contributed by atoms with Gasteiger partial charge in [-0.3, -0.25) is 14.2 Å². The summed E-state index contributed by atoms with van der Waals surface area (Å²) >= 11 is 3.42. The fourth-order valence-corrected chi connectivity index (χ4v) is 3.52. The lowest BCUT2D eigenvalue weighted by Crippen LogP contribution is -2.07. The molecule has 0 aliphatic carbocycles. The summed E-state index contributed by atoms with van der Waals surface area (Å²) in [7, 11) is 3.88. The minimum absolute atomic E-state index is 0.195. The first kappa shape index (κ1) is 21.0. The van der Waals surface area contributed by atoms with Gasteiger partial charge in [-0.1, -0.05) is 28.1 Å². The molecule has 4 aromatic rings. The first-order valence-corrected chi connectivity index (χ1v) is 10.3. The average molecular weight is 457 g/mol. The predicted molar refractivity (Wildman–Crippen MR) is 119 cm³/mol. The van der Waals surface area contributed by atoms with Gasteiger partial charge in [0.2, 0.25) is 0 Å². The van der Waals surface area contributed by atoms with Gasteiger partial charge in [-0.25, -0.2) is 0 Å². The Morgan fingerprint density at radius 3 is 2.10 bits per heavy atom. The first-order valence-electron chi connectivity index (χ1n) is 9.47. The van der Waals surface area contributed by atoms with Crippen molar-refractivity contribution >= 4 is 43.7 Å². The van der Waals surface area contributed by atoms with Gasteiger partial charge in [0, 0.05) is 40.7 Å². The molecule has 152 valence electrons. The molecule has 2 heterocycles. The van der Waals surface area contributed by atoms with E-state index in [9.17, 15) is 4.79 Å². The standard InChI is InChI=1S/C13H16N2O2.C9H9BrN2/c1-4-17-13(16)8-10-5-6-11-9(2)15(3)14-12(11)7-10;1-6-8-4-3-7(10)5-9(8)11-12(6)2/h5-7H,4,8H2,1-3H3;3-5H,1-2H3. The maximum absolute atomic E-state index is 11.4. The summed E-state index contributed by atoms with van der Waals surface area (Å²) in [5.41, 5.74) is 5.24. The van der Waals surface area contributed by atoms with Gasteiger partial charge in [0.15, 0.2) is 0 Å². The Morgan fingerprint density at radius 1 is 0.966 bits per heavy atom. The van der Waals surface area contributed by atoms with Gasteiger partial charge in [0.1, 0.15) is 0 Å². The number of fused-ring (bicyclic) bond motifs is 2. The molecule has 0 saturated carbocycles. The molecule has 4 rings (SSSR count). The van der Waals surface area contributed by atoms with Crippen LogP contribution in [0.15, 0.2) is 40.9 Å². The Hall–Kier alpha value is -2.67. The number of halogens is 1. The predicted octanol–water partition coefficient (Wildman–Crippen LogP) is 4.63. The number of aromatic nitrogens is 4. The smallest absolute Gasteiger partial charge is 0.310 e. The SMILES string of the molecule is CCOC(=O)Cc1ccc2c(C)n(C)nc2c1.Cc1c2ccc(Br)cc2nn1C. The second-order valence-electron chi connectivity index (χ2n) is 6.91. The van der Waals surface area contributed by atoms with E-state index in [2.05, 4.69) is 39.1 Å². The second kappa shape index (κ2) is 8.78. The lowest BCUT2D eigenvalue weighted by molar-refractivity contribution is -0.142. The Labute approximate surface area is 178 Å². The van der Waals surface area contributed by atoms with Crippen molar-refractivity contribution in [2.24, 2.45) is 14.1 Å². The summed E-state index contributed by atoms with van der Waals surface area (Å²) < 4.78 is 9.75. The molecular weight excluding hydrogens is 432 g/mol. The third-order valence-electron chi connectivity index (χ3n) is 4.94. The number of aryl methyl sites for hydroxylation is 4. The zero-order valence-electron chi connectivity index (χ0n) is 17.4. The highest BCUT2D eigenvalue weighted by Gasteiger charge is 2.08. The lowest BCUT2D eigenvalue weighted by Gasteiger charge is -2.01. The summed E-state index contributed by atoms with van der Waals surface area (Å²) in [6, 6.07) is 12.1. The van der Waals surface area contributed by atoms with Crippen LogP contribution in [0.1, 0.15) is 23.9 Å². The summed E-state index contributed by atoms with van der Waals surface area (Å²) in [5.74, 6) is -0.195. The number of esters is 1. The van der Waals surface area contributed by atoms with Crippen LogP contribution in [-0.2, 0) is 30.0 Å². The molecule has 2 aromatic carbocycles. The molecule has 7 heteroatoms. The molecule has 0 bridgehead atoms. The number of ether oxygens (including phenoxy) is 1. The molecule has 0 radical (unpaired) electrons. The number of benzene rings is 2. The molecule has 6 nitrogen and oxygen atoms in total. The molecule has 0 spiro atoms. The minimum Gasteiger partial charge on any atom is -0.466 e. The number of hydrogen-bond acceptors (Lipinski definition) is 4. The van der Waals surface area contributed by atoms with Crippen LogP contribution >= 0.6 is 15.9 Å². The van der Waals surface area contributed by atoms with Crippen LogP contribution in [0.3, 0.4) is 0 Å². The van der Waals surface area contributed by atoms with E-state index in [0.29, 0.717) is 13.0 Å². The van der Waals surface area contributed by atoms with Crippen molar-refractivity contribution in [3.63, 3.8) is 0 Å². The molecule has 0 aliphatic rings. The van der Waals surface area contributed by atoms with Crippen molar-refractivity contribution in [3.05, 3.63) is 57.8 Å². The Bertz CT molecular complexity index is 1180. The third kappa shape index (κ3) is 4.67. The van der Waals surface area contributed by atoms with Gasteiger partial charge in [-0.05, 0) is 50.6 Å². The van der Waals surface area contributed by atoms with Crippen LogP contribution in [0.5, 0.6) is 0 Å². The van der Waals surface area contributed by atoms with Gasteiger partial charge < -0.3 is 4.74 Å². The molecule has 0 atom stereocenters. The highest BCUT2D eigenvalue weighted by atomic mass is 79.9. The molecule has 0 aliphatic heterocycles. The van der Waals surface area contributed by atoms with E-state index in [1.807, 2.05) is 67.6 Å². The molecule has 0 fully saturated rings. The summed E-state index contributed by atoms with van der Waals surface area (Å²) in [4.78, 5) is 11.4. The summed E-state index contributed by atoms with van der Waals surface area (Å²) in [6.45, 7) is 6.33. The Morgan fingerprint density at radius 2 is 1.52 bits per heavy atom. The topological polar surface area (TPSA) is 61.9 Å². The van der Waals surface area contributed by atoms with E-state index in [-0.39, 0.29) is 5.97 Å². The van der Waals surface area contributed by atoms with Crippen molar-refractivity contribution in [3.8, 4) is 0 Å². The molecule has 0 N–H and O–H groups in total. The molecule has 29 heavy (non-hydrogen) atoms. The highest BCUT2D eigenvalue weighted by molar-refractivity contribution is 9.10. The van der Waals surface area contributed by atoms with Gasteiger partial charge in [0.25, 0.3) is 0 Å².